The maximum absolute atomic E-state index is 13.2. The summed E-state index contributed by atoms with van der Waals surface area (Å²) in [7, 11) is -3.65. The minimum atomic E-state index is -3.65. The molecule has 1 aliphatic rings. The Hall–Kier alpha value is -3.22. The number of hydrogen-bond acceptors (Lipinski definition) is 10. The van der Waals surface area contributed by atoms with Crippen LogP contribution in [0.2, 0.25) is 0 Å². The molecule has 1 fully saturated rings. The van der Waals surface area contributed by atoms with Gasteiger partial charge in [-0.2, -0.15) is 13.1 Å². The monoisotopic (exact) mass is 454 g/mol. The normalized spacial score (nSPS) is 15.3. The number of rotatable bonds is 5. The number of sulfonamides is 1. The lowest BCUT2D eigenvalue weighted by Crippen LogP contribution is -2.49. The number of aromatic nitrogens is 5. The summed E-state index contributed by atoms with van der Waals surface area (Å²) < 4.78 is 36.1. The third-order valence-corrected chi connectivity index (χ3v) is 7.51. The van der Waals surface area contributed by atoms with Gasteiger partial charge in [-0.05, 0) is 36.4 Å². The first-order valence-electron chi connectivity index (χ1n) is 9.58. The minimum Gasteiger partial charge on any atom is -0.352 e. The number of anilines is 3. The van der Waals surface area contributed by atoms with Gasteiger partial charge in [-0.25, -0.2) is 8.42 Å². The zero-order chi connectivity index (χ0) is 21.3. The van der Waals surface area contributed by atoms with Crippen LogP contribution in [0.5, 0.6) is 0 Å². The Bertz CT molecular complexity index is 1290. The fraction of sp³-hybridized carbons (Fsp3) is 0.211. The second-order valence-electron chi connectivity index (χ2n) is 6.92. The van der Waals surface area contributed by atoms with E-state index in [9.17, 15) is 8.42 Å². The number of pyridine rings is 1. The number of nitrogens with zero attached hydrogens (tertiary/aromatic N) is 7. The fourth-order valence-corrected chi connectivity index (χ4v) is 5.60. The summed E-state index contributed by atoms with van der Waals surface area (Å²) in [5.74, 6) is 1.34. The van der Waals surface area contributed by atoms with Crippen LogP contribution in [0.4, 0.5) is 17.3 Å². The summed E-state index contributed by atoms with van der Waals surface area (Å²) in [4.78, 5) is 6.22. The second kappa shape index (κ2) is 8.13. The molecule has 3 aromatic heterocycles. The number of nitrogens with one attached hydrogen (secondary N) is 1. The van der Waals surface area contributed by atoms with Crippen LogP contribution in [0.3, 0.4) is 0 Å². The molecule has 0 unspecified atom stereocenters. The molecular weight excluding hydrogens is 436 g/mol. The molecular formula is C19H18N8O2S2. The van der Waals surface area contributed by atoms with Crippen molar-refractivity contribution in [1.29, 1.82) is 0 Å². The Labute approximate surface area is 183 Å². The number of piperazine rings is 1. The predicted molar refractivity (Wildman–Crippen MR) is 118 cm³/mol. The molecule has 0 aliphatic carbocycles. The first-order chi connectivity index (χ1) is 15.1. The van der Waals surface area contributed by atoms with Crippen LogP contribution >= 0.6 is 11.7 Å². The van der Waals surface area contributed by atoms with Crippen LogP contribution in [-0.4, -0.2) is 62.8 Å². The van der Waals surface area contributed by atoms with Crippen LogP contribution in [0, 0.1) is 0 Å². The lowest BCUT2D eigenvalue weighted by molar-refractivity contribution is 0.384. The van der Waals surface area contributed by atoms with Gasteiger partial charge < -0.3 is 10.2 Å². The van der Waals surface area contributed by atoms with E-state index in [1.54, 1.807) is 30.6 Å². The zero-order valence-electron chi connectivity index (χ0n) is 16.3. The van der Waals surface area contributed by atoms with Gasteiger partial charge in [0, 0.05) is 44.3 Å². The van der Waals surface area contributed by atoms with E-state index in [2.05, 4.69) is 29.2 Å². The van der Waals surface area contributed by atoms with E-state index in [4.69, 9.17) is 0 Å². The smallest absolute Gasteiger partial charge is 0.245 e. The third-order valence-electron chi connectivity index (χ3n) is 5.03. The largest absolute Gasteiger partial charge is 0.352 e. The lowest BCUT2D eigenvalue weighted by atomic mass is 10.3. The summed E-state index contributed by atoms with van der Waals surface area (Å²) >= 11 is 1.01. The molecule has 0 spiro atoms. The average Bonchev–Trinajstić information content (AvgIpc) is 3.29. The van der Waals surface area contributed by atoms with Gasteiger partial charge in [0.2, 0.25) is 10.0 Å². The van der Waals surface area contributed by atoms with E-state index in [0.717, 1.165) is 17.4 Å². The molecule has 1 saturated heterocycles. The average molecular weight is 455 g/mol. The zero-order valence-corrected chi connectivity index (χ0v) is 17.9. The van der Waals surface area contributed by atoms with Crippen molar-refractivity contribution in [3.8, 4) is 0 Å². The van der Waals surface area contributed by atoms with Crippen molar-refractivity contribution in [2.75, 3.05) is 36.4 Å². The van der Waals surface area contributed by atoms with Crippen molar-refractivity contribution >= 4 is 50.1 Å². The molecule has 1 aromatic carbocycles. The minimum absolute atomic E-state index is 0.207. The summed E-state index contributed by atoms with van der Waals surface area (Å²) in [6.45, 7) is 1.76. The highest BCUT2D eigenvalue weighted by atomic mass is 32.2. The van der Waals surface area contributed by atoms with E-state index in [0.29, 0.717) is 48.8 Å². The van der Waals surface area contributed by atoms with Crippen molar-refractivity contribution in [1.82, 2.24) is 28.2 Å². The Morgan fingerprint density at radius 2 is 1.71 bits per heavy atom. The third kappa shape index (κ3) is 3.92. The molecule has 0 amide bonds. The van der Waals surface area contributed by atoms with Crippen LogP contribution in [0.25, 0.3) is 11.0 Å². The van der Waals surface area contributed by atoms with Crippen LogP contribution in [0.15, 0.2) is 59.8 Å². The molecule has 0 atom stereocenters. The summed E-state index contributed by atoms with van der Waals surface area (Å²) in [5, 5.41) is 11.7. The topological polar surface area (TPSA) is 117 Å². The molecule has 0 bridgehead atoms. The Balaban J connectivity index is 1.26. The molecule has 12 heteroatoms. The van der Waals surface area contributed by atoms with Gasteiger partial charge in [0.15, 0.2) is 11.6 Å². The standard InChI is InChI=1S/C19H18N8O2S2/c28-31(29,16-3-1-2-15-19(16)25-30-24-15)27-12-10-26(11-13-27)18-5-4-17(22-23-18)21-14-6-8-20-9-7-14/h1-9H,10-13H2,(H,20,21,22). The molecule has 4 aromatic rings. The van der Waals surface area contributed by atoms with Gasteiger partial charge >= 0.3 is 0 Å². The fourth-order valence-electron chi connectivity index (χ4n) is 3.43. The first-order valence-corrected chi connectivity index (χ1v) is 11.8. The Morgan fingerprint density at radius 1 is 0.903 bits per heavy atom. The number of hydrogen-bond donors (Lipinski definition) is 1. The first kappa shape index (κ1) is 19.7. The van der Waals surface area contributed by atoms with E-state index in [1.165, 1.54) is 4.31 Å². The number of benzene rings is 1. The van der Waals surface area contributed by atoms with E-state index in [-0.39, 0.29) is 4.90 Å². The molecule has 1 aliphatic heterocycles. The van der Waals surface area contributed by atoms with Gasteiger partial charge in [0.25, 0.3) is 0 Å². The SMILES string of the molecule is O=S(=O)(c1cccc2nsnc12)N1CCN(c2ccc(Nc3ccncc3)nn2)CC1. The summed E-state index contributed by atoms with van der Waals surface area (Å²) in [6, 6.07) is 12.5. The van der Waals surface area contributed by atoms with Crippen LogP contribution in [0.1, 0.15) is 0 Å². The van der Waals surface area contributed by atoms with Crippen molar-refractivity contribution in [2.24, 2.45) is 0 Å². The molecule has 10 nitrogen and oxygen atoms in total. The van der Waals surface area contributed by atoms with Gasteiger partial charge in [-0.15, -0.1) is 10.2 Å². The maximum Gasteiger partial charge on any atom is 0.245 e. The van der Waals surface area contributed by atoms with E-state index in [1.807, 2.05) is 29.2 Å². The molecule has 0 radical (unpaired) electrons. The molecule has 31 heavy (non-hydrogen) atoms. The Morgan fingerprint density at radius 3 is 2.45 bits per heavy atom. The summed E-state index contributed by atoms with van der Waals surface area (Å²) in [5.41, 5.74) is 1.90. The van der Waals surface area contributed by atoms with Crippen molar-refractivity contribution < 1.29 is 8.42 Å². The molecule has 1 N–H and O–H groups in total. The molecule has 4 heterocycles. The van der Waals surface area contributed by atoms with Gasteiger partial charge in [-0.1, -0.05) is 6.07 Å². The quantitative estimate of drug-likeness (QED) is 0.484. The highest BCUT2D eigenvalue weighted by molar-refractivity contribution is 7.89. The van der Waals surface area contributed by atoms with Crippen molar-refractivity contribution in [2.45, 2.75) is 4.90 Å². The molecule has 5 rings (SSSR count). The molecule has 158 valence electrons. The van der Waals surface area contributed by atoms with Crippen LogP contribution in [-0.2, 0) is 10.0 Å². The predicted octanol–water partition coefficient (Wildman–Crippen LogP) is 2.13. The summed E-state index contributed by atoms with van der Waals surface area (Å²) in [6.07, 6.45) is 3.39. The second-order valence-corrected chi connectivity index (χ2v) is 9.35. The molecule has 0 saturated carbocycles. The van der Waals surface area contributed by atoms with E-state index >= 15 is 0 Å². The van der Waals surface area contributed by atoms with Crippen LogP contribution < -0.4 is 10.2 Å². The van der Waals surface area contributed by atoms with Gasteiger partial charge in [0.1, 0.15) is 15.9 Å². The maximum atomic E-state index is 13.2. The highest BCUT2D eigenvalue weighted by Gasteiger charge is 2.31. The highest BCUT2D eigenvalue weighted by Crippen LogP contribution is 2.26. The Kier molecular flexibility index (Phi) is 5.18. The van der Waals surface area contributed by atoms with Crippen molar-refractivity contribution in [3.05, 3.63) is 54.9 Å². The number of fused-ring (bicyclic) bond motifs is 1. The lowest BCUT2D eigenvalue weighted by Gasteiger charge is -2.34. The van der Waals surface area contributed by atoms with Gasteiger partial charge in [-0.3, -0.25) is 4.98 Å². The van der Waals surface area contributed by atoms with Gasteiger partial charge in [0.05, 0.1) is 11.7 Å². The van der Waals surface area contributed by atoms with Crippen molar-refractivity contribution in [3.63, 3.8) is 0 Å². The van der Waals surface area contributed by atoms with E-state index < -0.39 is 10.0 Å².